The molecule has 0 aliphatic heterocycles. The van der Waals surface area contributed by atoms with Crippen molar-refractivity contribution in [3.8, 4) is 10.4 Å². The van der Waals surface area contributed by atoms with E-state index in [1.165, 1.54) is 11.3 Å². The Balaban J connectivity index is 2.28. The Morgan fingerprint density at radius 3 is 2.81 bits per heavy atom. The van der Waals surface area contributed by atoms with Crippen LogP contribution in [0.3, 0.4) is 0 Å². The van der Waals surface area contributed by atoms with Crippen LogP contribution in [0.5, 0.6) is 0 Å². The third kappa shape index (κ3) is 2.23. The quantitative estimate of drug-likeness (QED) is 0.761. The van der Waals surface area contributed by atoms with Gasteiger partial charge in [0.25, 0.3) is 5.56 Å². The second-order valence-corrected chi connectivity index (χ2v) is 5.83. The van der Waals surface area contributed by atoms with Crippen LogP contribution in [-0.4, -0.2) is 15.9 Å². The van der Waals surface area contributed by atoms with E-state index in [1.807, 2.05) is 13.0 Å². The highest BCUT2D eigenvalue weighted by Gasteiger charge is 2.15. The fraction of sp³-hybridized carbons (Fsp3) is 0.133. The number of amides is 1. The standard InChI is InChI=1S/C15H13N3O2S/c1-7-11-14(20)17-8(2)18-15(11)21-12(7)9-4-3-5-10(6-9)13(16)19/h3-6H,1-2H3,(H2,16,19)(H,17,18,20). The molecule has 1 amide bonds. The summed E-state index contributed by atoms with van der Waals surface area (Å²) in [5.74, 6) is 0.119. The maximum atomic E-state index is 12.1. The fourth-order valence-corrected chi connectivity index (χ4v) is 3.56. The molecule has 0 atom stereocenters. The normalized spacial score (nSPS) is 11.0. The molecule has 2 heterocycles. The van der Waals surface area contributed by atoms with Gasteiger partial charge in [0, 0.05) is 10.4 Å². The molecule has 3 N–H and O–H groups in total. The fourth-order valence-electron chi connectivity index (χ4n) is 2.34. The molecule has 0 spiro atoms. The number of nitrogens with one attached hydrogen (secondary N) is 1. The minimum atomic E-state index is -0.470. The molecule has 0 aliphatic rings. The van der Waals surface area contributed by atoms with Crippen molar-refractivity contribution in [2.75, 3.05) is 0 Å². The minimum absolute atomic E-state index is 0.136. The number of nitrogens with zero attached hydrogens (tertiary/aromatic N) is 1. The SMILES string of the molecule is Cc1nc2sc(-c3cccc(C(N)=O)c3)c(C)c2c(=O)[nH]1. The van der Waals surface area contributed by atoms with Gasteiger partial charge in [-0.25, -0.2) is 4.98 Å². The first kappa shape index (κ1) is 13.5. The number of hydrogen-bond acceptors (Lipinski definition) is 4. The number of rotatable bonds is 2. The molecule has 1 aromatic carbocycles. The van der Waals surface area contributed by atoms with Gasteiger partial charge in [0.15, 0.2) is 0 Å². The molecule has 0 saturated carbocycles. The Morgan fingerprint density at radius 1 is 1.33 bits per heavy atom. The molecule has 0 bridgehead atoms. The summed E-state index contributed by atoms with van der Waals surface area (Å²) in [4.78, 5) is 32.1. The van der Waals surface area contributed by atoms with Crippen molar-refractivity contribution in [2.24, 2.45) is 5.73 Å². The van der Waals surface area contributed by atoms with Gasteiger partial charge in [0.1, 0.15) is 10.7 Å². The summed E-state index contributed by atoms with van der Waals surface area (Å²) < 4.78 is 0. The summed E-state index contributed by atoms with van der Waals surface area (Å²) >= 11 is 1.44. The van der Waals surface area contributed by atoms with Crippen LogP contribution >= 0.6 is 11.3 Å². The molecule has 0 unspecified atom stereocenters. The second kappa shape index (κ2) is 4.82. The first-order valence-corrected chi connectivity index (χ1v) is 7.19. The van der Waals surface area contributed by atoms with E-state index in [2.05, 4.69) is 9.97 Å². The van der Waals surface area contributed by atoms with Gasteiger partial charge < -0.3 is 10.7 Å². The van der Waals surface area contributed by atoms with E-state index in [1.54, 1.807) is 25.1 Å². The molecule has 0 fully saturated rings. The summed E-state index contributed by atoms with van der Waals surface area (Å²) in [6.45, 7) is 3.64. The lowest BCUT2D eigenvalue weighted by molar-refractivity contribution is 0.100. The highest BCUT2D eigenvalue weighted by atomic mass is 32.1. The number of benzene rings is 1. The van der Waals surface area contributed by atoms with Crippen molar-refractivity contribution in [3.63, 3.8) is 0 Å². The van der Waals surface area contributed by atoms with E-state index >= 15 is 0 Å². The van der Waals surface area contributed by atoms with Crippen LogP contribution in [0.2, 0.25) is 0 Å². The summed E-state index contributed by atoms with van der Waals surface area (Å²) in [5, 5.41) is 0.602. The number of carbonyl (C=O) groups excluding carboxylic acids is 1. The zero-order valence-electron chi connectivity index (χ0n) is 11.6. The van der Waals surface area contributed by atoms with E-state index in [0.717, 1.165) is 16.0 Å². The van der Waals surface area contributed by atoms with Gasteiger partial charge in [-0.05, 0) is 37.1 Å². The largest absolute Gasteiger partial charge is 0.366 e. The molecular weight excluding hydrogens is 286 g/mol. The molecule has 3 aromatic rings. The molecule has 2 aromatic heterocycles. The van der Waals surface area contributed by atoms with Crippen molar-refractivity contribution in [2.45, 2.75) is 13.8 Å². The molecule has 0 radical (unpaired) electrons. The zero-order valence-corrected chi connectivity index (χ0v) is 12.4. The number of aromatic nitrogens is 2. The van der Waals surface area contributed by atoms with Crippen LogP contribution < -0.4 is 11.3 Å². The molecule has 106 valence electrons. The third-order valence-electron chi connectivity index (χ3n) is 3.33. The Kier molecular flexibility index (Phi) is 3.10. The van der Waals surface area contributed by atoms with Crippen LogP contribution in [-0.2, 0) is 0 Å². The van der Waals surface area contributed by atoms with Crippen molar-refractivity contribution < 1.29 is 4.79 Å². The number of H-pyrrole nitrogens is 1. The maximum Gasteiger partial charge on any atom is 0.259 e. The van der Waals surface area contributed by atoms with Crippen LogP contribution in [0.15, 0.2) is 29.1 Å². The number of hydrogen-bond donors (Lipinski definition) is 2. The number of aryl methyl sites for hydroxylation is 2. The van der Waals surface area contributed by atoms with E-state index in [4.69, 9.17) is 5.73 Å². The van der Waals surface area contributed by atoms with Gasteiger partial charge in [-0.3, -0.25) is 9.59 Å². The van der Waals surface area contributed by atoms with Crippen LogP contribution in [0.1, 0.15) is 21.7 Å². The lowest BCUT2D eigenvalue weighted by Crippen LogP contribution is -2.10. The van der Waals surface area contributed by atoms with Crippen molar-refractivity contribution in [1.29, 1.82) is 0 Å². The third-order valence-corrected chi connectivity index (χ3v) is 4.56. The van der Waals surface area contributed by atoms with Gasteiger partial charge in [0.05, 0.1) is 5.39 Å². The molecule has 0 aliphatic carbocycles. The highest BCUT2D eigenvalue weighted by molar-refractivity contribution is 7.22. The summed E-state index contributed by atoms with van der Waals surface area (Å²) in [5.41, 5.74) is 7.36. The number of thiophene rings is 1. The van der Waals surface area contributed by atoms with Crippen LogP contribution in [0.25, 0.3) is 20.7 Å². The number of nitrogens with two attached hydrogens (primary N) is 1. The summed E-state index contributed by atoms with van der Waals surface area (Å²) in [6.07, 6.45) is 0. The average molecular weight is 299 g/mol. The number of primary amides is 1. The van der Waals surface area contributed by atoms with Crippen molar-refractivity contribution in [3.05, 3.63) is 51.6 Å². The molecule has 3 rings (SSSR count). The van der Waals surface area contributed by atoms with E-state index in [-0.39, 0.29) is 5.56 Å². The highest BCUT2D eigenvalue weighted by Crippen LogP contribution is 2.35. The molecule has 5 nitrogen and oxygen atoms in total. The van der Waals surface area contributed by atoms with Gasteiger partial charge in [0.2, 0.25) is 5.91 Å². The summed E-state index contributed by atoms with van der Waals surface area (Å²) in [6, 6.07) is 7.08. The topological polar surface area (TPSA) is 88.8 Å². The average Bonchev–Trinajstić information content (AvgIpc) is 2.76. The van der Waals surface area contributed by atoms with Crippen LogP contribution in [0.4, 0.5) is 0 Å². The Bertz CT molecular complexity index is 924. The van der Waals surface area contributed by atoms with Crippen LogP contribution in [0, 0.1) is 13.8 Å². The minimum Gasteiger partial charge on any atom is -0.366 e. The van der Waals surface area contributed by atoms with Gasteiger partial charge in [-0.2, -0.15) is 0 Å². The lowest BCUT2D eigenvalue weighted by atomic mass is 10.1. The predicted molar refractivity (Wildman–Crippen MR) is 83.7 cm³/mol. The Hall–Kier alpha value is -2.47. The molecule has 6 heteroatoms. The number of fused-ring (bicyclic) bond motifs is 1. The van der Waals surface area contributed by atoms with E-state index in [9.17, 15) is 9.59 Å². The second-order valence-electron chi connectivity index (χ2n) is 4.83. The molecule has 0 saturated heterocycles. The van der Waals surface area contributed by atoms with Crippen molar-refractivity contribution >= 4 is 27.5 Å². The van der Waals surface area contributed by atoms with Gasteiger partial charge >= 0.3 is 0 Å². The number of carbonyl (C=O) groups is 1. The first-order valence-electron chi connectivity index (χ1n) is 6.37. The first-order chi connectivity index (χ1) is 9.97. The van der Waals surface area contributed by atoms with Gasteiger partial charge in [-0.1, -0.05) is 12.1 Å². The monoisotopic (exact) mass is 299 g/mol. The smallest absolute Gasteiger partial charge is 0.259 e. The van der Waals surface area contributed by atoms with E-state index < -0.39 is 5.91 Å². The zero-order chi connectivity index (χ0) is 15.1. The summed E-state index contributed by atoms with van der Waals surface area (Å²) in [7, 11) is 0. The maximum absolute atomic E-state index is 12.1. The lowest BCUT2D eigenvalue weighted by Gasteiger charge is -2.02. The van der Waals surface area contributed by atoms with Crippen molar-refractivity contribution in [1.82, 2.24) is 9.97 Å². The predicted octanol–water partition coefficient (Wildman–Crippen LogP) is 2.37. The molecular formula is C15H13N3O2S. The van der Waals surface area contributed by atoms with E-state index in [0.29, 0.717) is 21.6 Å². The Morgan fingerprint density at radius 2 is 2.10 bits per heavy atom. The van der Waals surface area contributed by atoms with Gasteiger partial charge in [-0.15, -0.1) is 11.3 Å². The Labute approximate surface area is 124 Å². The molecule has 21 heavy (non-hydrogen) atoms. The number of aromatic amines is 1.